The van der Waals surface area contributed by atoms with Gasteiger partial charge in [0.25, 0.3) is 0 Å². The molecule has 1 fully saturated rings. The molecular formula is C24H27B3O3. The lowest BCUT2D eigenvalue weighted by atomic mass is 9.64. The first-order chi connectivity index (χ1) is 14.8. The third-order valence-electron chi connectivity index (χ3n) is 5.45. The van der Waals surface area contributed by atoms with Crippen LogP contribution in [0.25, 0.3) is 0 Å². The van der Waals surface area contributed by atoms with Gasteiger partial charge in [0, 0.05) is 0 Å². The van der Waals surface area contributed by atoms with Crippen LogP contribution < -0.4 is 0 Å². The first-order valence-corrected chi connectivity index (χ1v) is 10.9. The Kier molecular flexibility index (Phi) is 7.84. The topological polar surface area (TPSA) is 27.7 Å². The van der Waals surface area contributed by atoms with Crippen LogP contribution in [0.2, 0.25) is 19.0 Å². The van der Waals surface area contributed by atoms with Crippen LogP contribution in [0.4, 0.5) is 0 Å². The van der Waals surface area contributed by atoms with Crippen molar-refractivity contribution in [2.24, 2.45) is 0 Å². The average Bonchev–Trinajstić information content (AvgIpc) is 2.82. The van der Waals surface area contributed by atoms with E-state index in [2.05, 4.69) is 72.8 Å². The van der Waals surface area contributed by atoms with Gasteiger partial charge < -0.3 is 13.7 Å². The van der Waals surface area contributed by atoms with Crippen molar-refractivity contribution >= 4 is 21.4 Å². The highest BCUT2D eigenvalue weighted by Gasteiger charge is 2.39. The minimum absolute atomic E-state index is 0.236. The van der Waals surface area contributed by atoms with Gasteiger partial charge in [0.1, 0.15) is 0 Å². The molecule has 3 nitrogen and oxygen atoms in total. The minimum Gasteiger partial charge on any atom is -0.453 e. The Balaban J connectivity index is 1.34. The molecule has 1 saturated heterocycles. The first-order valence-electron chi connectivity index (χ1n) is 10.9. The summed E-state index contributed by atoms with van der Waals surface area (Å²) < 4.78 is 18.5. The molecule has 1 aliphatic heterocycles. The zero-order valence-corrected chi connectivity index (χ0v) is 17.4. The number of hydrogen-bond acceptors (Lipinski definition) is 3. The maximum atomic E-state index is 6.17. The van der Waals surface area contributed by atoms with E-state index in [4.69, 9.17) is 13.7 Å². The smallest absolute Gasteiger partial charge is 0.429 e. The van der Waals surface area contributed by atoms with Gasteiger partial charge in [0.05, 0.1) is 0 Å². The molecule has 0 bridgehead atoms. The van der Waals surface area contributed by atoms with Crippen LogP contribution in [0.5, 0.6) is 0 Å². The maximum absolute atomic E-state index is 6.17. The minimum atomic E-state index is -0.236. The lowest BCUT2D eigenvalue weighted by Crippen LogP contribution is -2.49. The van der Waals surface area contributed by atoms with Crippen LogP contribution in [-0.4, -0.2) is 21.4 Å². The third-order valence-corrected chi connectivity index (χ3v) is 5.45. The van der Waals surface area contributed by atoms with Crippen molar-refractivity contribution < 1.29 is 13.7 Å². The number of benzene rings is 3. The lowest BCUT2D eigenvalue weighted by Gasteiger charge is -2.31. The van der Waals surface area contributed by atoms with Gasteiger partial charge in [-0.3, -0.25) is 0 Å². The quantitative estimate of drug-likeness (QED) is 0.463. The Bertz CT molecular complexity index is 741. The first kappa shape index (κ1) is 21.0. The predicted molar refractivity (Wildman–Crippen MR) is 125 cm³/mol. The highest BCUT2D eigenvalue weighted by Crippen LogP contribution is 2.21. The van der Waals surface area contributed by atoms with Crippen molar-refractivity contribution in [2.75, 3.05) is 0 Å². The molecule has 3 aromatic rings. The highest BCUT2D eigenvalue weighted by molar-refractivity contribution is 6.73. The summed E-state index contributed by atoms with van der Waals surface area (Å²) in [6, 6.07) is 31.5. The van der Waals surface area contributed by atoms with Gasteiger partial charge in [-0.1, -0.05) is 91.0 Å². The van der Waals surface area contributed by atoms with Crippen molar-refractivity contribution in [2.45, 2.75) is 38.2 Å². The normalized spacial score (nSPS) is 14.2. The van der Waals surface area contributed by atoms with Gasteiger partial charge in [0.2, 0.25) is 0 Å². The molecule has 0 saturated carbocycles. The monoisotopic (exact) mass is 396 g/mol. The van der Waals surface area contributed by atoms with Crippen LogP contribution in [0, 0.1) is 0 Å². The Hall–Kier alpha value is -2.27. The molecule has 0 spiro atoms. The second-order valence-electron chi connectivity index (χ2n) is 7.77. The fourth-order valence-corrected chi connectivity index (χ4v) is 3.80. The lowest BCUT2D eigenvalue weighted by molar-refractivity contribution is 0.278. The van der Waals surface area contributed by atoms with E-state index in [0.717, 1.165) is 38.2 Å². The van der Waals surface area contributed by atoms with Gasteiger partial charge in [-0.2, -0.15) is 0 Å². The molecule has 0 aromatic heterocycles. The Morgan fingerprint density at radius 3 is 0.933 bits per heavy atom. The van der Waals surface area contributed by atoms with Gasteiger partial charge in [-0.25, -0.2) is 0 Å². The molecule has 3 aromatic carbocycles. The molecule has 150 valence electrons. The van der Waals surface area contributed by atoms with Gasteiger partial charge in [-0.05, 0) is 54.9 Å². The van der Waals surface area contributed by atoms with E-state index in [1.54, 1.807) is 0 Å². The maximum Gasteiger partial charge on any atom is 0.429 e. The molecule has 0 amide bonds. The molecule has 0 unspecified atom stereocenters. The van der Waals surface area contributed by atoms with Crippen molar-refractivity contribution in [1.29, 1.82) is 0 Å². The van der Waals surface area contributed by atoms with E-state index in [1.807, 2.05) is 18.2 Å². The summed E-state index contributed by atoms with van der Waals surface area (Å²) in [7, 11) is -0.707. The van der Waals surface area contributed by atoms with Crippen LogP contribution in [0.15, 0.2) is 91.0 Å². The SMILES string of the molecule is c1ccc(CCB2OB(CCc3ccccc3)OB(CCc3ccccc3)O2)cc1. The van der Waals surface area contributed by atoms with Gasteiger partial charge in [0.15, 0.2) is 0 Å². The Morgan fingerprint density at radius 2 is 0.667 bits per heavy atom. The van der Waals surface area contributed by atoms with Crippen molar-refractivity contribution in [3.63, 3.8) is 0 Å². The molecule has 30 heavy (non-hydrogen) atoms. The molecule has 0 radical (unpaired) electrons. The summed E-state index contributed by atoms with van der Waals surface area (Å²) in [4.78, 5) is 0. The zero-order chi connectivity index (χ0) is 20.4. The molecule has 0 N–H and O–H groups in total. The van der Waals surface area contributed by atoms with E-state index in [0.29, 0.717) is 0 Å². The summed E-state index contributed by atoms with van der Waals surface area (Å²) >= 11 is 0. The van der Waals surface area contributed by atoms with E-state index in [1.165, 1.54) is 16.7 Å². The average molecular weight is 396 g/mol. The standard InChI is InChI=1S/C24H27B3O3/c1-4-10-22(11-5-1)16-19-25-28-26(20-17-23-12-6-2-7-13-23)30-27(29-25)21-18-24-14-8-3-9-15-24/h1-15H,16-21H2. The molecule has 1 heterocycles. The molecule has 0 atom stereocenters. The largest absolute Gasteiger partial charge is 0.453 e. The van der Waals surface area contributed by atoms with Crippen molar-refractivity contribution in [1.82, 2.24) is 0 Å². The fraction of sp³-hybridized carbons (Fsp3) is 0.250. The summed E-state index contributed by atoms with van der Waals surface area (Å²) in [5.41, 5.74) is 3.91. The van der Waals surface area contributed by atoms with Gasteiger partial charge in [-0.15, -0.1) is 0 Å². The van der Waals surface area contributed by atoms with Crippen LogP contribution in [0.3, 0.4) is 0 Å². The fourth-order valence-electron chi connectivity index (χ4n) is 3.80. The number of hydrogen-bond donors (Lipinski definition) is 0. The highest BCUT2D eigenvalue weighted by atomic mass is 16.7. The van der Waals surface area contributed by atoms with Crippen molar-refractivity contribution in [3.05, 3.63) is 108 Å². The van der Waals surface area contributed by atoms with Crippen LogP contribution >= 0.6 is 0 Å². The second kappa shape index (κ2) is 11.2. The third kappa shape index (κ3) is 6.63. The second-order valence-corrected chi connectivity index (χ2v) is 7.77. The van der Waals surface area contributed by atoms with Crippen LogP contribution in [0.1, 0.15) is 16.7 Å². The van der Waals surface area contributed by atoms with E-state index >= 15 is 0 Å². The molecule has 1 aliphatic rings. The Morgan fingerprint density at radius 1 is 0.400 bits per heavy atom. The summed E-state index contributed by atoms with van der Waals surface area (Å²) in [5, 5.41) is 0. The predicted octanol–water partition coefficient (Wildman–Crippen LogP) is 5.24. The number of aryl methyl sites for hydroxylation is 3. The molecule has 6 heteroatoms. The molecular weight excluding hydrogens is 369 g/mol. The molecule has 0 aliphatic carbocycles. The van der Waals surface area contributed by atoms with Crippen LogP contribution in [-0.2, 0) is 33.0 Å². The number of rotatable bonds is 9. The summed E-state index contributed by atoms with van der Waals surface area (Å²) in [6.45, 7) is 0. The summed E-state index contributed by atoms with van der Waals surface area (Å²) in [6.07, 6.45) is 5.29. The molecule has 4 rings (SSSR count). The summed E-state index contributed by atoms with van der Waals surface area (Å²) in [5.74, 6) is 0. The zero-order valence-electron chi connectivity index (χ0n) is 17.4. The van der Waals surface area contributed by atoms with E-state index < -0.39 is 0 Å². The van der Waals surface area contributed by atoms with Gasteiger partial charge >= 0.3 is 21.4 Å². The Labute approximate surface area is 181 Å². The van der Waals surface area contributed by atoms with Crippen molar-refractivity contribution in [3.8, 4) is 0 Å². The van der Waals surface area contributed by atoms with E-state index in [9.17, 15) is 0 Å². The van der Waals surface area contributed by atoms with E-state index in [-0.39, 0.29) is 21.4 Å².